The fourth-order valence-electron chi connectivity index (χ4n) is 6.42. The molecule has 46 heavy (non-hydrogen) atoms. The Kier molecular flexibility index (Phi) is 6.85. The summed E-state index contributed by atoms with van der Waals surface area (Å²) in [5, 5.41) is 2.75. The maximum absolute atomic E-state index is 5.25. The number of benzene rings is 5. The molecule has 0 bridgehead atoms. The van der Waals surface area contributed by atoms with Crippen molar-refractivity contribution in [1.82, 2.24) is 19.9 Å². The monoisotopic (exact) mass is 609 g/mol. The van der Waals surface area contributed by atoms with E-state index in [-0.39, 0.29) is 0 Å². The van der Waals surface area contributed by atoms with Crippen LogP contribution in [0.4, 0.5) is 17.2 Å². The van der Waals surface area contributed by atoms with Gasteiger partial charge in [-0.2, -0.15) is 0 Å². The van der Waals surface area contributed by atoms with E-state index >= 15 is 0 Å². The first-order valence-corrected chi connectivity index (χ1v) is 18.5. The molecule has 0 N–H and O–H groups in total. The van der Waals surface area contributed by atoms with E-state index in [1.165, 1.54) is 10.4 Å². The highest BCUT2D eigenvalue weighted by atomic mass is 28.3. The molecular weight excluding hydrogens is 579 g/mol. The predicted molar refractivity (Wildman–Crippen MR) is 191 cm³/mol. The van der Waals surface area contributed by atoms with Crippen molar-refractivity contribution in [2.24, 2.45) is 0 Å². The Labute approximate surface area is 270 Å². The van der Waals surface area contributed by atoms with Crippen LogP contribution in [0.1, 0.15) is 0 Å². The number of pyridine rings is 1. The van der Waals surface area contributed by atoms with E-state index in [1.54, 1.807) is 0 Å². The summed E-state index contributed by atoms with van der Waals surface area (Å²) in [7, 11) is -1.98. The van der Waals surface area contributed by atoms with Gasteiger partial charge in [-0.15, -0.1) is 0 Å². The van der Waals surface area contributed by atoms with Crippen molar-refractivity contribution >= 4 is 35.6 Å². The van der Waals surface area contributed by atoms with Gasteiger partial charge in [-0.25, -0.2) is 19.9 Å². The van der Waals surface area contributed by atoms with Crippen LogP contribution in [0.2, 0.25) is 13.1 Å². The van der Waals surface area contributed by atoms with Gasteiger partial charge in [0.15, 0.2) is 17.5 Å². The van der Waals surface area contributed by atoms with Crippen molar-refractivity contribution in [3.05, 3.63) is 152 Å². The molecule has 0 radical (unpaired) electrons. The first kappa shape index (κ1) is 27.8. The number of hydrogen-bond donors (Lipinski definition) is 0. The second-order valence-corrected chi connectivity index (χ2v) is 16.3. The highest BCUT2D eigenvalue weighted by Crippen LogP contribution is 2.42. The van der Waals surface area contributed by atoms with E-state index in [0.717, 1.165) is 45.0 Å². The van der Waals surface area contributed by atoms with Gasteiger partial charge in [0.2, 0.25) is 0 Å². The summed E-state index contributed by atoms with van der Waals surface area (Å²) in [6, 6.07) is 50.3. The van der Waals surface area contributed by atoms with Gasteiger partial charge in [-0.3, -0.25) is 4.90 Å². The standard InChI is InChI=1S/C40H31N5Si/c1-46(2)35-24-14-12-22-33(35)45(34-23-13-15-25-36(34)46)40-32(26-31(27-41-40)28-16-6-3-7-17-28)39-43-37(29-18-8-4-9-19-29)42-38(44-39)30-20-10-5-11-21-30/h3-27H,1-2H3. The maximum Gasteiger partial charge on any atom is 0.167 e. The lowest BCUT2D eigenvalue weighted by Crippen LogP contribution is -2.58. The van der Waals surface area contributed by atoms with Crippen LogP contribution < -0.4 is 15.3 Å². The van der Waals surface area contributed by atoms with Crippen molar-refractivity contribution in [2.75, 3.05) is 4.90 Å². The van der Waals surface area contributed by atoms with Gasteiger partial charge < -0.3 is 0 Å². The van der Waals surface area contributed by atoms with Crippen molar-refractivity contribution in [3.63, 3.8) is 0 Å². The van der Waals surface area contributed by atoms with Crippen LogP contribution in [0.3, 0.4) is 0 Å². The highest BCUT2D eigenvalue weighted by Gasteiger charge is 2.39. The molecule has 0 unspecified atom stereocenters. The van der Waals surface area contributed by atoms with Crippen molar-refractivity contribution in [2.45, 2.75) is 13.1 Å². The Bertz CT molecular complexity index is 2080. The Morgan fingerprint density at radius 1 is 0.457 bits per heavy atom. The van der Waals surface area contributed by atoms with Gasteiger partial charge in [-0.05, 0) is 34.1 Å². The van der Waals surface area contributed by atoms with Crippen LogP contribution in [0, 0.1) is 0 Å². The molecule has 8 rings (SSSR count). The molecule has 0 saturated carbocycles. The Morgan fingerprint density at radius 3 is 1.41 bits per heavy atom. The SMILES string of the molecule is C[Si]1(C)c2ccccc2N(c2ncc(-c3ccccc3)cc2-c2nc(-c3ccccc3)nc(-c3ccccc3)n2)c2ccccc21. The smallest absolute Gasteiger partial charge is 0.167 e. The Morgan fingerprint density at radius 2 is 0.891 bits per heavy atom. The molecule has 3 heterocycles. The van der Waals surface area contributed by atoms with E-state index < -0.39 is 8.07 Å². The average Bonchev–Trinajstić information content (AvgIpc) is 3.13. The van der Waals surface area contributed by atoms with Gasteiger partial charge in [0, 0.05) is 34.3 Å². The van der Waals surface area contributed by atoms with Gasteiger partial charge >= 0.3 is 0 Å². The van der Waals surface area contributed by atoms with E-state index in [9.17, 15) is 0 Å². The summed E-state index contributed by atoms with van der Waals surface area (Å²) < 4.78 is 0. The number of aromatic nitrogens is 4. The quantitative estimate of drug-likeness (QED) is 0.183. The summed E-state index contributed by atoms with van der Waals surface area (Å²) >= 11 is 0. The molecule has 220 valence electrons. The number of anilines is 3. The lowest BCUT2D eigenvalue weighted by Gasteiger charge is -2.40. The van der Waals surface area contributed by atoms with Crippen LogP contribution in [-0.2, 0) is 0 Å². The second kappa shape index (κ2) is 11.3. The maximum atomic E-state index is 5.25. The lowest BCUT2D eigenvalue weighted by atomic mass is 10.0. The third-order valence-electron chi connectivity index (χ3n) is 8.76. The zero-order valence-corrected chi connectivity index (χ0v) is 26.7. The first-order chi connectivity index (χ1) is 22.6. The summed E-state index contributed by atoms with van der Waals surface area (Å²) in [4.78, 5) is 22.8. The fourth-order valence-corrected chi connectivity index (χ4v) is 9.40. The van der Waals surface area contributed by atoms with E-state index in [1.807, 2.05) is 72.9 Å². The second-order valence-electron chi connectivity index (χ2n) is 12.0. The number of hydrogen-bond acceptors (Lipinski definition) is 5. The van der Waals surface area contributed by atoms with Crippen LogP contribution >= 0.6 is 0 Å². The predicted octanol–water partition coefficient (Wildman–Crippen LogP) is 8.54. The third-order valence-corrected chi connectivity index (χ3v) is 12.3. The minimum Gasteiger partial charge on any atom is -0.295 e. The topological polar surface area (TPSA) is 54.8 Å². The zero-order valence-electron chi connectivity index (χ0n) is 25.7. The minimum atomic E-state index is -1.98. The Hall–Kier alpha value is -5.72. The van der Waals surface area contributed by atoms with Crippen molar-refractivity contribution < 1.29 is 0 Å². The van der Waals surface area contributed by atoms with Crippen LogP contribution in [0.5, 0.6) is 0 Å². The van der Waals surface area contributed by atoms with Gasteiger partial charge in [0.1, 0.15) is 13.9 Å². The molecule has 0 aliphatic carbocycles. The molecule has 5 aromatic carbocycles. The number of para-hydroxylation sites is 2. The molecular formula is C40H31N5Si. The minimum absolute atomic E-state index is 0.574. The average molecular weight is 610 g/mol. The lowest BCUT2D eigenvalue weighted by molar-refractivity contribution is 1.06. The number of nitrogens with zero attached hydrogens (tertiary/aromatic N) is 5. The number of rotatable bonds is 5. The normalized spacial score (nSPS) is 13.1. The first-order valence-electron chi connectivity index (χ1n) is 15.5. The van der Waals surface area contributed by atoms with E-state index in [4.69, 9.17) is 19.9 Å². The summed E-state index contributed by atoms with van der Waals surface area (Å²) in [6.07, 6.45) is 1.97. The number of fused-ring (bicyclic) bond motifs is 2. The highest BCUT2D eigenvalue weighted by molar-refractivity contribution is 7.02. The van der Waals surface area contributed by atoms with Gasteiger partial charge in [-0.1, -0.05) is 140 Å². The van der Waals surface area contributed by atoms with Gasteiger partial charge in [0.25, 0.3) is 0 Å². The molecule has 2 aromatic heterocycles. The van der Waals surface area contributed by atoms with Crippen LogP contribution in [-0.4, -0.2) is 28.0 Å². The molecule has 0 fully saturated rings. The Balaban J connectivity index is 1.43. The molecule has 7 aromatic rings. The molecule has 0 amide bonds. The fraction of sp³-hybridized carbons (Fsp3) is 0.0500. The van der Waals surface area contributed by atoms with Crippen LogP contribution in [0.15, 0.2) is 152 Å². The molecule has 6 heteroatoms. The zero-order chi connectivity index (χ0) is 31.1. The summed E-state index contributed by atoms with van der Waals surface area (Å²) in [6.45, 7) is 4.86. The van der Waals surface area contributed by atoms with E-state index in [2.05, 4.69) is 96.9 Å². The molecule has 1 aliphatic rings. The van der Waals surface area contributed by atoms with Crippen molar-refractivity contribution in [3.8, 4) is 45.3 Å². The van der Waals surface area contributed by atoms with Crippen molar-refractivity contribution in [1.29, 1.82) is 0 Å². The molecule has 0 spiro atoms. The summed E-state index contributed by atoms with van der Waals surface area (Å²) in [5.74, 6) is 2.60. The molecule has 1 aliphatic heterocycles. The largest absolute Gasteiger partial charge is 0.295 e. The molecule has 0 saturated heterocycles. The molecule has 5 nitrogen and oxygen atoms in total. The summed E-state index contributed by atoms with van der Waals surface area (Å²) in [5.41, 5.74) is 7.08. The van der Waals surface area contributed by atoms with E-state index in [0.29, 0.717) is 17.5 Å². The molecule has 0 atom stereocenters. The van der Waals surface area contributed by atoms with Gasteiger partial charge in [0.05, 0.1) is 5.56 Å². The third kappa shape index (κ3) is 4.80. The van der Waals surface area contributed by atoms with Crippen LogP contribution in [0.25, 0.3) is 45.3 Å².